The fourth-order valence-corrected chi connectivity index (χ4v) is 1.34. The Morgan fingerprint density at radius 1 is 1.53 bits per heavy atom. The molecule has 0 spiro atoms. The van der Waals surface area contributed by atoms with Crippen LogP contribution in [0, 0.1) is 0 Å². The van der Waals surface area contributed by atoms with E-state index < -0.39 is 12.1 Å². The summed E-state index contributed by atoms with van der Waals surface area (Å²) in [7, 11) is 1.46. The van der Waals surface area contributed by atoms with Crippen LogP contribution >= 0.6 is 0 Å². The molecule has 0 aromatic carbocycles. The van der Waals surface area contributed by atoms with Crippen molar-refractivity contribution in [2.24, 2.45) is 0 Å². The van der Waals surface area contributed by atoms with Gasteiger partial charge in [-0.2, -0.15) is 0 Å². The summed E-state index contributed by atoms with van der Waals surface area (Å²) >= 11 is 0. The van der Waals surface area contributed by atoms with Crippen LogP contribution < -0.4 is 5.32 Å². The van der Waals surface area contributed by atoms with Gasteiger partial charge in [0.1, 0.15) is 11.9 Å². The predicted molar refractivity (Wildman–Crippen MR) is 58.6 cm³/mol. The Kier molecular flexibility index (Phi) is 4.71. The van der Waals surface area contributed by atoms with Crippen molar-refractivity contribution in [2.45, 2.75) is 26.0 Å². The van der Waals surface area contributed by atoms with Crippen molar-refractivity contribution in [2.75, 3.05) is 7.11 Å². The molecular formula is C11H15NO5. The minimum atomic E-state index is -1.13. The van der Waals surface area contributed by atoms with E-state index in [9.17, 15) is 9.59 Å². The highest BCUT2D eigenvalue weighted by atomic mass is 16.5. The first kappa shape index (κ1) is 13.2. The molecule has 1 heterocycles. The molecule has 0 saturated carbocycles. The molecule has 1 amide bonds. The normalized spacial score (nSPS) is 12.1. The summed E-state index contributed by atoms with van der Waals surface area (Å²) < 4.78 is 9.94. The number of hydrogen-bond donors (Lipinski definition) is 2. The van der Waals surface area contributed by atoms with Gasteiger partial charge in [0.25, 0.3) is 0 Å². The van der Waals surface area contributed by atoms with E-state index in [2.05, 4.69) is 5.32 Å². The number of amides is 1. The first-order chi connectivity index (χ1) is 8.08. The zero-order valence-corrected chi connectivity index (χ0v) is 9.73. The lowest BCUT2D eigenvalue weighted by Crippen LogP contribution is -2.34. The highest BCUT2D eigenvalue weighted by molar-refractivity contribution is 5.84. The van der Waals surface area contributed by atoms with Gasteiger partial charge in [-0.25, -0.2) is 4.79 Å². The number of ether oxygens (including phenoxy) is 1. The van der Waals surface area contributed by atoms with Crippen molar-refractivity contribution in [3.05, 3.63) is 23.7 Å². The Hall–Kier alpha value is -1.82. The van der Waals surface area contributed by atoms with E-state index in [1.807, 2.05) is 6.92 Å². The summed E-state index contributed by atoms with van der Waals surface area (Å²) in [5.74, 6) is -1.14. The van der Waals surface area contributed by atoms with Gasteiger partial charge in [-0.1, -0.05) is 6.92 Å². The average Bonchev–Trinajstić information content (AvgIpc) is 2.76. The monoisotopic (exact) mass is 241 g/mol. The molecule has 1 rings (SSSR count). The Morgan fingerprint density at radius 3 is 2.71 bits per heavy atom. The molecule has 0 aliphatic heterocycles. The molecule has 6 heteroatoms. The standard InChI is InChI=1S/C11H15NO5/c1-3-8(16-2)10(13)12-6-7-4-5-9(17-7)11(14)15/h4-5,8H,3,6H2,1-2H3,(H,12,13)(H,14,15). The van der Waals surface area contributed by atoms with Crippen molar-refractivity contribution < 1.29 is 23.8 Å². The molecule has 1 unspecified atom stereocenters. The predicted octanol–water partition coefficient (Wildman–Crippen LogP) is 1.02. The van der Waals surface area contributed by atoms with Crippen molar-refractivity contribution in [1.82, 2.24) is 5.32 Å². The van der Waals surface area contributed by atoms with Crippen LogP contribution in [-0.4, -0.2) is 30.2 Å². The Morgan fingerprint density at radius 2 is 2.24 bits per heavy atom. The van der Waals surface area contributed by atoms with Crippen LogP contribution in [0.1, 0.15) is 29.7 Å². The van der Waals surface area contributed by atoms with Gasteiger partial charge in [-0.15, -0.1) is 0 Å². The topological polar surface area (TPSA) is 88.8 Å². The second kappa shape index (κ2) is 6.05. The van der Waals surface area contributed by atoms with Crippen molar-refractivity contribution >= 4 is 11.9 Å². The largest absolute Gasteiger partial charge is 0.475 e. The van der Waals surface area contributed by atoms with E-state index in [1.165, 1.54) is 19.2 Å². The van der Waals surface area contributed by atoms with Gasteiger partial charge in [0.05, 0.1) is 6.54 Å². The number of carbonyl (C=O) groups is 2. The van der Waals surface area contributed by atoms with Gasteiger partial charge >= 0.3 is 5.97 Å². The summed E-state index contributed by atoms with van der Waals surface area (Å²) in [4.78, 5) is 22.1. The van der Waals surface area contributed by atoms with E-state index in [0.29, 0.717) is 12.2 Å². The van der Waals surface area contributed by atoms with Gasteiger partial charge in [0, 0.05) is 7.11 Å². The van der Waals surface area contributed by atoms with E-state index in [0.717, 1.165) is 0 Å². The fraction of sp³-hybridized carbons (Fsp3) is 0.455. The third-order valence-corrected chi connectivity index (χ3v) is 2.26. The van der Waals surface area contributed by atoms with E-state index in [-0.39, 0.29) is 18.2 Å². The summed E-state index contributed by atoms with van der Waals surface area (Å²) in [5, 5.41) is 11.2. The Balaban J connectivity index is 2.49. The van der Waals surface area contributed by atoms with Gasteiger partial charge in [0.2, 0.25) is 11.7 Å². The first-order valence-electron chi connectivity index (χ1n) is 5.21. The number of rotatable bonds is 6. The number of carboxylic acids is 1. The van der Waals surface area contributed by atoms with Gasteiger partial charge in [-0.3, -0.25) is 4.79 Å². The van der Waals surface area contributed by atoms with Crippen LogP contribution in [0.4, 0.5) is 0 Å². The van der Waals surface area contributed by atoms with Crippen LogP contribution in [0.15, 0.2) is 16.5 Å². The number of furan rings is 1. The molecule has 0 fully saturated rings. The minimum Gasteiger partial charge on any atom is -0.475 e. The van der Waals surface area contributed by atoms with Crippen molar-refractivity contribution in [3.63, 3.8) is 0 Å². The van der Waals surface area contributed by atoms with E-state index in [4.69, 9.17) is 14.3 Å². The fourth-order valence-electron chi connectivity index (χ4n) is 1.34. The third kappa shape index (κ3) is 3.60. The van der Waals surface area contributed by atoms with Gasteiger partial charge < -0.3 is 19.6 Å². The number of methoxy groups -OCH3 is 1. The lowest BCUT2D eigenvalue weighted by molar-refractivity contribution is -0.131. The average molecular weight is 241 g/mol. The summed E-state index contributed by atoms with van der Waals surface area (Å²) in [5.41, 5.74) is 0. The minimum absolute atomic E-state index is 0.145. The molecular weight excluding hydrogens is 226 g/mol. The number of aromatic carboxylic acids is 1. The molecule has 1 aromatic heterocycles. The molecule has 94 valence electrons. The van der Waals surface area contributed by atoms with Crippen LogP contribution in [-0.2, 0) is 16.1 Å². The molecule has 0 aliphatic carbocycles. The Labute approximate surface area is 98.6 Å². The summed E-state index contributed by atoms with van der Waals surface area (Å²) in [6.45, 7) is 1.98. The van der Waals surface area contributed by atoms with Crippen molar-refractivity contribution in [1.29, 1.82) is 0 Å². The maximum absolute atomic E-state index is 11.5. The SMILES string of the molecule is CCC(OC)C(=O)NCc1ccc(C(=O)O)o1. The maximum Gasteiger partial charge on any atom is 0.371 e. The van der Waals surface area contributed by atoms with E-state index >= 15 is 0 Å². The zero-order valence-electron chi connectivity index (χ0n) is 9.73. The molecule has 17 heavy (non-hydrogen) atoms. The molecule has 0 bridgehead atoms. The molecule has 1 aromatic rings. The molecule has 2 N–H and O–H groups in total. The lowest BCUT2D eigenvalue weighted by Gasteiger charge is -2.12. The second-order valence-electron chi connectivity index (χ2n) is 3.42. The van der Waals surface area contributed by atoms with Crippen molar-refractivity contribution in [3.8, 4) is 0 Å². The lowest BCUT2D eigenvalue weighted by atomic mass is 10.2. The first-order valence-corrected chi connectivity index (χ1v) is 5.21. The number of carbonyl (C=O) groups excluding carboxylic acids is 1. The molecule has 0 aliphatic rings. The molecule has 0 radical (unpaired) electrons. The third-order valence-electron chi connectivity index (χ3n) is 2.26. The quantitative estimate of drug-likeness (QED) is 0.776. The highest BCUT2D eigenvalue weighted by Gasteiger charge is 2.15. The smallest absolute Gasteiger partial charge is 0.371 e. The van der Waals surface area contributed by atoms with Gasteiger partial charge in [0.15, 0.2) is 0 Å². The van der Waals surface area contributed by atoms with Crippen LogP contribution in [0.25, 0.3) is 0 Å². The maximum atomic E-state index is 11.5. The second-order valence-corrected chi connectivity index (χ2v) is 3.42. The zero-order chi connectivity index (χ0) is 12.8. The number of carboxylic acid groups (broad SMARTS) is 1. The number of hydrogen-bond acceptors (Lipinski definition) is 4. The molecule has 1 atom stereocenters. The van der Waals surface area contributed by atoms with Crippen LogP contribution in [0.3, 0.4) is 0 Å². The van der Waals surface area contributed by atoms with E-state index in [1.54, 1.807) is 0 Å². The number of nitrogens with one attached hydrogen (secondary N) is 1. The summed E-state index contributed by atoms with van der Waals surface area (Å²) in [6.07, 6.45) is 0.0739. The molecule has 0 saturated heterocycles. The Bertz CT molecular complexity index is 394. The van der Waals surface area contributed by atoms with Crippen LogP contribution in [0.5, 0.6) is 0 Å². The molecule has 6 nitrogen and oxygen atoms in total. The highest BCUT2D eigenvalue weighted by Crippen LogP contribution is 2.07. The van der Waals surface area contributed by atoms with Gasteiger partial charge in [-0.05, 0) is 18.6 Å². The summed E-state index contributed by atoms with van der Waals surface area (Å²) in [6, 6.07) is 2.86. The van der Waals surface area contributed by atoms with Crippen LogP contribution in [0.2, 0.25) is 0 Å².